The molecular weight excluding hydrogens is 426 g/mol. The van der Waals surface area contributed by atoms with Gasteiger partial charge in [0.25, 0.3) is 5.56 Å². The van der Waals surface area contributed by atoms with Crippen LogP contribution in [0.25, 0.3) is 26.8 Å². The molecule has 0 radical (unpaired) electrons. The lowest BCUT2D eigenvalue weighted by Gasteiger charge is -2.06. The highest BCUT2D eigenvalue weighted by atomic mass is 32.1. The minimum atomic E-state index is -0.452. The van der Waals surface area contributed by atoms with Crippen molar-refractivity contribution in [2.75, 3.05) is 0 Å². The molecule has 0 aliphatic carbocycles. The van der Waals surface area contributed by atoms with Gasteiger partial charge in [0.1, 0.15) is 10.5 Å². The third-order valence-corrected chi connectivity index (χ3v) is 6.45. The van der Waals surface area contributed by atoms with E-state index in [9.17, 15) is 9.59 Å². The summed E-state index contributed by atoms with van der Waals surface area (Å²) in [7, 11) is 1.64. The Morgan fingerprint density at radius 3 is 2.90 bits per heavy atom. The van der Waals surface area contributed by atoms with E-state index in [0.717, 1.165) is 4.88 Å². The van der Waals surface area contributed by atoms with E-state index in [0.29, 0.717) is 39.2 Å². The predicted molar refractivity (Wildman–Crippen MR) is 112 cm³/mol. The second kappa shape index (κ2) is 7.18. The first-order chi connectivity index (χ1) is 14.5. The second-order valence-electron chi connectivity index (χ2n) is 6.59. The minimum Gasteiger partial charge on any atom is -0.457 e. The number of ether oxygens (including phenoxy) is 1. The smallest absolute Gasteiger partial charge is 0.312 e. The molecule has 0 fully saturated rings. The molecule has 0 aliphatic rings. The van der Waals surface area contributed by atoms with Gasteiger partial charge in [-0.2, -0.15) is 0 Å². The van der Waals surface area contributed by atoms with E-state index in [1.807, 2.05) is 29.0 Å². The van der Waals surface area contributed by atoms with Crippen LogP contribution in [0.2, 0.25) is 0 Å². The van der Waals surface area contributed by atoms with Crippen LogP contribution in [-0.4, -0.2) is 30.1 Å². The maximum Gasteiger partial charge on any atom is 0.312 e. The number of hydrogen-bond donors (Lipinski definition) is 0. The van der Waals surface area contributed by atoms with Crippen molar-refractivity contribution in [3.05, 3.63) is 56.6 Å². The quantitative estimate of drug-likeness (QED) is 0.386. The van der Waals surface area contributed by atoms with Crippen LogP contribution < -0.4 is 5.56 Å². The summed E-state index contributed by atoms with van der Waals surface area (Å²) in [5.74, 6) is 1.46. The van der Waals surface area contributed by atoms with E-state index in [1.165, 1.54) is 27.2 Å². The molecule has 0 saturated heterocycles. The zero-order valence-electron chi connectivity index (χ0n) is 16.0. The fraction of sp³-hybridized carbons (Fsp3) is 0.211. The maximum absolute atomic E-state index is 12.4. The van der Waals surface area contributed by atoms with Crippen LogP contribution in [-0.2, 0) is 29.6 Å². The SMILES string of the molecule is Cc1oc(-c2cccs2)nc1CC(=O)OCc1nnc2n(C)c(=O)c3sccc3n12. The topological polar surface area (TPSA) is 105 Å². The Morgan fingerprint density at radius 2 is 2.10 bits per heavy atom. The number of hydrogen-bond acceptors (Lipinski definition) is 9. The molecule has 0 aromatic carbocycles. The Hall–Kier alpha value is -3.31. The third kappa shape index (κ3) is 3.02. The number of thiophene rings is 2. The lowest BCUT2D eigenvalue weighted by Crippen LogP contribution is -2.19. The highest BCUT2D eigenvalue weighted by Gasteiger charge is 2.19. The van der Waals surface area contributed by atoms with Gasteiger partial charge in [-0.25, -0.2) is 4.98 Å². The van der Waals surface area contributed by atoms with Gasteiger partial charge in [-0.3, -0.25) is 18.6 Å². The van der Waals surface area contributed by atoms with Crippen molar-refractivity contribution >= 4 is 44.6 Å². The Morgan fingerprint density at radius 1 is 1.23 bits per heavy atom. The number of aryl methyl sites for hydroxylation is 2. The normalized spacial score (nSPS) is 11.5. The summed E-state index contributed by atoms with van der Waals surface area (Å²) in [6, 6.07) is 5.65. The van der Waals surface area contributed by atoms with E-state index in [4.69, 9.17) is 9.15 Å². The second-order valence-corrected chi connectivity index (χ2v) is 8.45. The van der Waals surface area contributed by atoms with Gasteiger partial charge in [-0.15, -0.1) is 32.9 Å². The first kappa shape index (κ1) is 18.7. The van der Waals surface area contributed by atoms with Crippen LogP contribution in [0.5, 0.6) is 0 Å². The fourth-order valence-electron chi connectivity index (χ4n) is 3.18. The third-order valence-electron chi connectivity index (χ3n) is 4.70. The summed E-state index contributed by atoms with van der Waals surface area (Å²) in [5.41, 5.74) is 1.10. The van der Waals surface area contributed by atoms with Crippen molar-refractivity contribution in [3.63, 3.8) is 0 Å². The van der Waals surface area contributed by atoms with Crippen LogP contribution >= 0.6 is 22.7 Å². The fourth-order valence-corrected chi connectivity index (χ4v) is 4.68. The van der Waals surface area contributed by atoms with Gasteiger partial charge < -0.3 is 9.15 Å². The van der Waals surface area contributed by atoms with Crippen molar-refractivity contribution < 1.29 is 13.9 Å². The molecule has 0 spiro atoms. The van der Waals surface area contributed by atoms with Gasteiger partial charge in [0, 0.05) is 7.05 Å². The lowest BCUT2D eigenvalue weighted by molar-refractivity contribution is -0.144. The number of fused-ring (bicyclic) bond motifs is 3. The van der Waals surface area contributed by atoms with E-state index in [2.05, 4.69) is 15.2 Å². The molecule has 30 heavy (non-hydrogen) atoms. The number of esters is 1. The molecule has 11 heteroatoms. The first-order valence-electron chi connectivity index (χ1n) is 8.99. The molecule has 9 nitrogen and oxygen atoms in total. The molecule has 0 N–H and O–H groups in total. The number of nitrogens with zero attached hydrogens (tertiary/aromatic N) is 5. The van der Waals surface area contributed by atoms with Crippen molar-refractivity contribution in [1.82, 2.24) is 24.1 Å². The summed E-state index contributed by atoms with van der Waals surface area (Å²) in [4.78, 5) is 30.1. The van der Waals surface area contributed by atoms with Gasteiger partial charge in [0.15, 0.2) is 12.4 Å². The Balaban J connectivity index is 1.36. The van der Waals surface area contributed by atoms with Crippen molar-refractivity contribution in [2.45, 2.75) is 20.0 Å². The van der Waals surface area contributed by atoms with Crippen LogP contribution in [0.15, 0.2) is 38.2 Å². The molecular formula is C19H15N5O4S2. The molecule has 5 heterocycles. The summed E-state index contributed by atoms with van der Waals surface area (Å²) in [6.07, 6.45) is -0.0101. The Bertz CT molecular complexity index is 1440. The average Bonchev–Trinajstić information content (AvgIpc) is 3.50. The van der Waals surface area contributed by atoms with E-state index >= 15 is 0 Å². The maximum atomic E-state index is 12.4. The monoisotopic (exact) mass is 441 g/mol. The predicted octanol–water partition coefficient (Wildman–Crippen LogP) is 2.95. The van der Waals surface area contributed by atoms with Crippen LogP contribution in [0.3, 0.4) is 0 Å². The number of carbonyl (C=O) groups is 1. The Kier molecular flexibility index (Phi) is 4.48. The molecule has 152 valence electrons. The lowest BCUT2D eigenvalue weighted by atomic mass is 10.3. The summed E-state index contributed by atoms with van der Waals surface area (Å²) >= 11 is 2.87. The van der Waals surface area contributed by atoms with Gasteiger partial charge in [-0.1, -0.05) is 6.07 Å². The standard InChI is InChI=1S/C19H15N5O4S2/c1-10-11(20-17(28-10)13-4-3-6-29-13)8-15(25)27-9-14-21-22-19-23(2)18(26)16-12(24(14)19)5-7-30-16/h3-7H,8-9H2,1-2H3. The molecule has 0 amide bonds. The summed E-state index contributed by atoms with van der Waals surface area (Å²) < 4.78 is 14.8. The van der Waals surface area contributed by atoms with E-state index < -0.39 is 5.97 Å². The van der Waals surface area contributed by atoms with Crippen molar-refractivity contribution in [2.24, 2.45) is 7.05 Å². The molecule has 0 aliphatic heterocycles. The molecule has 0 saturated carbocycles. The molecule has 0 atom stereocenters. The zero-order chi connectivity index (χ0) is 20.8. The van der Waals surface area contributed by atoms with Gasteiger partial charge in [0.2, 0.25) is 11.7 Å². The zero-order valence-corrected chi connectivity index (χ0v) is 17.6. The van der Waals surface area contributed by atoms with Gasteiger partial charge >= 0.3 is 5.97 Å². The van der Waals surface area contributed by atoms with Crippen LogP contribution in [0.4, 0.5) is 0 Å². The molecule has 5 rings (SSSR count). The first-order valence-corrected chi connectivity index (χ1v) is 10.7. The highest BCUT2D eigenvalue weighted by Crippen LogP contribution is 2.26. The average molecular weight is 441 g/mol. The molecule has 0 bridgehead atoms. The Labute approximate surface area is 177 Å². The van der Waals surface area contributed by atoms with E-state index in [1.54, 1.807) is 18.4 Å². The van der Waals surface area contributed by atoms with Crippen molar-refractivity contribution in [1.29, 1.82) is 0 Å². The minimum absolute atomic E-state index is 0.0101. The highest BCUT2D eigenvalue weighted by molar-refractivity contribution is 7.17. The number of carbonyl (C=O) groups excluding carboxylic acids is 1. The number of aromatic nitrogens is 5. The van der Waals surface area contributed by atoms with Gasteiger partial charge in [-0.05, 0) is 29.8 Å². The summed E-state index contributed by atoms with van der Waals surface area (Å²) in [5, 5.41) is 12.0. The number of rotatable bonds is 5. The van der Waals surface area contributed by atoms with Crippen molar-refractivity contribution in [3.8, 4) is 10.8 Å². The number of oxazole rings is 1. The van der Waals surface area contributed by atoms with Gasteiger partial charge in [0.05, 0.1) is 22.5 Å². The largest absolute Gasteiger partial charge is 0.457 e. The van der Waals surface area contributed by atoms with E-state index in [-0.39, 0.29) is 18.6 Å². The molecule has 5 aromatic rings. The molecule has 5 aromatic heterocycles. The van der Waals surface area contributed by atoms with Crippen LogP contribution in [0.1, 0.15) is 17.3 Å². The molecule has 0 unspecified atom stereocenters. The van der Waals surface area contributed by atoms with Crippen LogP contribution in [0, 0.1) is 6.92 Å². The summed E-state index contributed by atoms with van der Waals surface area (Å²) in [6.45, 7) is 1.70.